The molecule has 0 unspecified atom stereocenters. The largest absolute Gasteiger partial charge is 0.492 e. The van der Waals surface area contributed by atoms with Crippen LogP contribution in [0.25, 0.3) is 22.3 Å². The molecule has 0 atom stereocenters. The highest BCUT2D eigenvalue weighted by molar-refractivity contribution is 6.19. The molecule has 0 spiro atoms. The van der Waals surface area contributed by atoms with Gasteiger partial charge in [0.15, 0.2) is 5.78 Å². The number of hydrogen-bond acceptors (Lipinski definition) is 4. The van der Waals surface area contributed by atoms with Crippen LogP contribution in [-0.2, 0) is 0 Å². The number of rotatable bonds is 9. The number of para-hydroxylation sites is 1. The number of ether oxygens (including phenoxy) is 1. The topological polar surface area (TPSA) is 42.7 Å². The molecular weight excluding hydrogens is 405 g/mol. The van der Waals surface area contributed by atoms with Gasteiger partial charge in [0.25, 0.3) is 0 Å². The summed E-state index contributed by atoms with van der Waals surface area (Å²) in [6, 6.07) is 20.6. The summed E-state index contributed by atoms with van der Waals surface area (Å²) in [6.45, 7) is 7.72. The normalized spacial score (nSPS) is 11.2. The Kier molecular flexibility index (Phi) is 6.66. The van der Waals surface area contributed by atoms with E-state index in [0.717, 1.165) is 30.9 Å². The molecule has 1 aromatic heterocycles. The van der Waals surface area contributed by atoms with E-state index in [1.807, 2.05) is 48.5 Å². The molecule has 4 rings (SSSR count). The fourth-order valence-corrected chi connectivity index (χ4v) is 3.78. The van der Waals surface area contributed by atoms with Crippen LogP contribution >= 0.6 is 0 Å². The van der Waals surface area contributed by atoms with E-state index in [1.54, 1.807) is 6.07 Å². The van der Waals surface area contributed by atoms with Crippen molar-refractivity contribution >= 4 is 16.8 Å². The molecule has 0 bridgehead atoms. The van der Waals surface area contributed by atoms with Crippen molar-refractivity contribution in [3.8, 4) is 17.1 Å². The van der Waals surface area contributed by atoms with Gasteiger partial charge in [-0.05, 0) is 55.6 Å². The third-order valence-electron chi connectivity index (χ3n) is 5.60. The fourth-order valence-electron chi connectivity index (χ4n) is 3.78. The summed E-state index contributed by atoms with van der Waals surface area (Å²) < 4.78 is 25.7. The van der Waals surface area contributed by atoms with Gasteiger partial charge in [-0.25, -0.2) is 4.39 Å². The second-order valence-corrected chi connectivity index (χ2v) is 7.54. The number of carbonyl (C=O) groups is 1. The van der Waals surface area contributed by atoms with Crippen LogP contribution in [0.2, 0.25) is 0 Å². The molecule has 4 nitrogen and oxygen atoms in total. The van der Waals surface area contributed by atoms with Crippen molar-refractivity contribution in [2.75, 3.05) is 26.2 Å². The van der Waals surface area contributed by atoms with Crippen LogP contribution in [0.1, 0.15) is 29.8 Å². The molecular formula is C27H26FNO3. The van der Waals surface area contributed by atoms with E-state index in [-0.39, 0.29) is 11.3 Å². The van der Waals surface area contributed by atoms with Crippen molar-refractivity contribution in [1.82, 2.24) is 4.90 Å². The molecule has 164 valence electrons. The molecule has 0 saturated carbocycles. The minimum absolute atomic E-state index is 0.274. The van der Waals surface area contributed by atoms with Crippen LogP contribution in [0.15, 0.2) is 77.2 Å². The highest BCUT2D eigenvalue weighted by atomic mass is 19.1. The van der Waals surface area contributed by atoms with E-state index in [0.29, 0.717) is 28.9 Å². The summed E-state index contributed by atoms with van der Waals surface area (Å²) in [5, 5.41) is 0.705. The molecule has 5 heteroatoms. The lowest BCUT2D eigenvalue weighted by molar-refractivity contribution is 0.104. The monoisotopic (exact) mass is 431 g/mol. The molecule has 32 heavy (non-hydrogen) atoms. The lowest BCUT2D eigenvalue weighted by Gasteiger charge is -2.18. The number of nitrogens with zero attached hydrogens (tertiary/aromatic N) is 1. The number of carbonyl (C=O) groups excluding carboxylic acids is 1. The van der Waals surface area contributed by atoms with Gasteiger partial charge in [-0.1, -0.05) is 44.2 Å². The Hall–Kier alpha value is -3.44. The Balaban J connectivity index is 1.64. The first-order valence-electron chi connectivity index (χ1n) is 10.9. The quantitative estimate of drug-likeness (QED) is 0.296. The third-order valence-corrected chi connectivity index (χ3v) is 5.60. The lowest BCUT2D eigenvalue weighted by Crippen LogP contribution is -2.27. The zero-order valence-electron chi connectivity index (χ0n) is 18.3. The first-order valence-corrected chi connectivity index (χ1v) is 10.9. The number of ketones is 1. The zero-order valence-corrected chi connectivity index (χ0v) is 18.3. The SMILES string of the molecule is CCN(CC)CCOc1ccc(-c2oc3ccccc3c2C(=O)c2cccc(F)c2)cc1. The van der Waals surface area contributed by atoms with E-state index in [9.17, 15) is 9.18 Å². The number of likely N-dealkylation sites (N-methyl/N-ethyl adjacent to an activating group) is 1. The third kappa shape index (κ3) is 4.58. The maximum absolute atomic E-state index is 13.8. The second-order valence-electron chi connectivity index (χ2n) is 7.54. The van der Waals surface area contributed by atoms with E-state index in [4.69, 9.17) is 9.15 Å². The summed E-state index contributed by atoms with van der Waals surface area (Å²) in [6.07, 6.45) is 0. The molecule has 0 N–H and O–H groups in total. The summed E-state index contributed by atoms with van der Waals surface area (Å²) in [7, 11) is 0. The average Bonchev–Trinajstić information content (AvgIpc) is 3.21. The Morgan fingerprint density at radius 1 is 0.969 bits per heavy atom. The van der Waals surface area contributed by atoms with Gasteiger partial charge in [-0.2, -0.15) is 0 Å². The maximum Gasteiger partial charge on any atom is 0.197 e. The summed E-state index contributed by atoms with van der Waals surface area (Å²) >= 11 is 0. The van der Waals surface area contributed by atoms with E-state index in [1.165, 1.54) is 18.2 Å². The maximum atomic E-state index is 13.8. The van der Waals surface area contributed by atoms with Crippen molar-refractivity contribution in [1.29, 1.82) is 0 Å². The standard InChI is InChI=1S/C27H26FNO3/c1-3-29(4-2)16-17-31-22-14-12-19(13-15-22)27-25(23-10-5-6-11-24(23)32-27)26(30)20-8-7-9-21(28)18-20/h5-15,18H,3-4,16-17H2,1-2H3. The van der Waals surface area contributed by atoms with Gasteiger partial charge in [0.1, 0.15) is 29.5 Å². The van der Waals surface area contributed by atoms with Gasteiger partial charge in [-0.3, -0.25) is 4.79 Å². The van der Waals surface area contributed by atoms with Crippen LogP contribution in [-0.4, -0.2) is 36.9 Å². The Bertz CT molecular complexity index is 1210. The summed E-state index contributed by atoms with van der Waals surface area (Å²) in [5.41, 5.74) is 2.09. The van der Waals surface area contributed by atoms with Gasteiger partial charge in [0.2, 0.25) is 0 Å². The number of hydrogen-bond donors (Lipinski definition) is 0. The van der Waals surface area contributed by atoms with Gasteiger partial charge in [-0.15, -0.1) is 0 Å². The van der Waals surface area contributed by atoms with Gasteiger partial charge in [0, 0.05) is 23.1 Å². The molecule has 0 amide bonds. The average molecular weight is 432 g/mol. The highest BCUT2D eigenvalue weighted by Crippen LogP contribution is 2.35. The van der Waals surface area contributed by atoms with Crippen molar-refractivity contribution < 1.29 is 18.3 Å². The Labute approximate surface area is 187 Å². The highest BCUT2D eigenvalue weighted by Gasteiger charge is 2.23. The predicted octanol–water partition coefficient (Wildman–Crippen LogP) is 6.19. The molecule has 4 aromatic rings. The Morgan fingerprint density at radius 2 is 1.72 bits per heavy atom. The number of furan rings is 1. The second kappa shape index (κ2) is 9.79. The summed E-state index contributed by atoms with van der Waals surface area (Å²) in [5.74, 6) is 0.505. The molecule has 0 fully saturated rings. The van der Waals surface area contributed by atoms with Crippen LogP contribution in [0, 0.1) is 5.82 Å². The van der Waals surface area contributed by atoms with Crippen LogP contribution in [0.4, 0.5) is 4.39 Å². The van der Waals surface area contributed by atoms with Crippen molar-refractivity contribution in [3.63, 3.8) is 0 Å². The molecule has 0 radical (unpaired) electrons. The van der Waals surface area contributed by atoms with Gasteiger partial charge < -0.3 is 14.1 Å². The zero-order chi connectivity index (χ0) is 22.5. The molecule has 0 saturated heterocycles. The summed E-state index contributed by atoms with van der Waals surface area (Å²) in [4.78, 5) is 15.6. The molecule has 0 aliphatic carbocycles. The first-order chi connectivity index (χ1) is 15.6. The number of halogens is 1. The molecule has 0 aliphatic rings. The van der Waals surface area contributed by atoms with Crippen molar-refractivity contribution in [3.05, 3.63) is 89.7 Å². The van der Waals surface area contributed by atoms with Crippen molar-refractivity contribution in [2.24, 2.45) is 0 Å². The first kappa shape index (κ1) is 21.8. The Morgan fingerprint density at radius 3 is 2.44 bits per heavy atom. The van der Waals surface area contributed by atoms with E-state index >= 15 is 0 Å². The number of fused-ring (bicyclic) bond motifs is 1. The molecule has 1 heterocycles. The lowest BCUT2D eigenvalue weighted by atomic mass is 9.97. The van der Waals surface area contributed by atoms with Crippen molar-refractivity contribution in [2.45, 2.75) is 13.8 Å². The van der Waals surface area contributed by atoms with Crippen LogP contribution < -0.4 is 4.74 Å². The van der Waals surface area contributed by atoms with Gasteiger partial charge in [0.05, 0.1) is 5.56 Å². The van der Waals surface area contributed by atoms with E-state index < -0.39 is 5.82 Å². The minimum atomic E-state index is -0.448. The fraction of sp³-hybridized carbons (Fsp3) is 0.222. The van der Waals surface area contributed by atoms with E-state index in [2.05, 4.69) is 18.7 Å². The minimum Gasteiger partial charge on any atom is -0.492 e. The number of benzene rings is 3. The van der Waals surface area contributed by atoms with Crippen LogP contribution in [0.5, 0.6) is 5.75 Å². The molecule has 0 aliphatic heterocycles. The smallest absolute Gasteiger partial charge is 0.197 e. The van der Waals surface area contributed by atoms with Gasteiger partial charge >= 0.3 is 0 Å². The van der Waals surface area contributed by atoms with Crippen LogP contribution in [0.3, 0.4) is 0 Å². The predicted molar refractivity (Wildman–Crippen MR) is 125 cm³/mol. The molecule has 3 aromatic carbocycles.